The Kier molecular flexibility index (Phi) is 5.52. The lowest BCUT2D eigenvalue weighted by molar-refractivity contribution is 0.100. The Labute approximate surface area is 161 Å². The van der Waals surface area contributed by atoms with E-state index >= 15 is 0 Å². The number of carbonyl (C=O) groups excluding carboxylic acids is 1. The van der Waals surface area contributed by atoms with Crippen LogP contribution in [0, 0.1) is 0 Å². The van der Waals surface area contributed by atoms with Crippen LogP contribution in [0.1, 0.15) is 29.6 Å². The highest BCUT2D eigenvalue weighted by Crippen LogP contribution is 2.27. The van der Waals surface area contributed by atoms with Gasteiger partial charge in [0.05, 0.1) is 16.1 Å². The molecule has 0 spiro atoms. The Bertz CT molecular complexity index is 925. The lowest BCUT2D eigenvalue weighted by Crippen LogP contribution is -2.29. The van der Waals surface area contributed by atoms with Gasteiger partial charge >= 0.3 is 0 Å². The maximum Gasteiger partial charge on any atom is 0.261 e. The predicted octanol–water partition coefficient (Wildman–Crippen LogP) is 3.34. The Balaban J connectivity index is 1.93. The van der Waals surface area contributed by atoms with Crippen LogP contribution in [-0.2, 0) is 10.0 Å². The summed E-state index contributed by atoms with van der Waals surface area (Å²) in [4.78, 5) is 14.2. The van der Waals surface area contributed by atoms with Gasteiger partial charge in [0.2, 0.25) is 0 Å². The van der Waals surface area contributed by atoms with E-state index in [4.69, 9.17) is 5.73 Å². The minimum absolute atomic E-state index is 0.0994. The lowest BCUT2D eigenvalue weighted by Gasteiger charge is -2.29. The van der Waals surface area contributed by atoms with Gasteiger partial charge in [-0.2, -0.15) is 0 Å². The van der Waals surface area contributed by atoms with Crippen molar-refractivity contribution in [3.05, 3.63) is 52.5 Å². The van der Waals surface area contributed by atoms with Crippen LogP contribution >= 0.6 is 15.9 Å². The standard InChI is InChI=1S/C18H20BrN3O3S/c19-13-5-4-6-15(11-13)26(24,25)21-17-8-7-14(12-16(17)18(20)23)22-9-2-1-3-10-22/h4-8,11-12,21H,1-3,9-10H2,(H2,20,23). The average Bonchev–Trinajstić information content (AvgIpc) is 2.62. The number of carbonyl (C=O) groups is 1. The van der Waals surface area contributed by atoms with E-state index in [9.17, 15) is 13.2 Å². The maximum atomic E-state index is 12.6. The number of hydrogen-bond acceptors (Lipinski definition) is 4. The predicted molar refractivity (Wildman–Crippen MR) is 106 cm³/mol. The Hall–Kier alpha value is -2.06. The van der Waals surface area contributed by atoms with Crippen molar-refractivity contribution in [2.24, 2.45) is 5.73 Å². The van der Waals surface area contributed by atoms with Crippen LogP contribution in [0.15, 0.2) is 51.8 Å². The molecule has 8 heteroatoms. The molecule has 138 valence electrons. The fourth-order valence-electron chi connectivity index (χ4n) is 3.01. The third-order valence-corrected chi connectivity index (χ3v) is 6.20. The number of nitrogens with one attached hydrogen (secondary N) is 1. The molecule has 1 fully saturated rings. The van der Waals surface area contributed by atoms with Crippen LogP contribution in [0.5, 0.6) is 0 Å². The molecule has 3 rings (SSSR count). The number of amides is 1. The monoisotopic (exact) mass is 437 g/mol. The molecule has 1 aliphatic rings. The number of nitrogens with zero attached hydrogens (tertiary/aromatic N) is 1. The molecule has 2 aromatic rings. The Morgan fingerprint density at radius 3 is 2.46 bits per heavy atom. The fraction of sp³-hybridized carbons (Fsp3) is 0.278. The van der Waals surface area contributed by atoms with Crippen molar-refractivity contribution in [2.45, 2.75) is 24.2 Å². The highest BCUT2D eigenvalue weighted by atomic mass is 79.9. The summed E-state index contributed by atoms with van der Waals surface area (Å²) in [5.41, 5.74) is 6.71. The second-order valence-electron chi connectivity index (χ2n) is 6.20. The third-order valence-electron chi connectivity index (χ3n) is 4.34. The Morgan fingerprint density at radius 1 is 1.08 bits per heavy atom. The van der Waals surface area contributed by atoms with Crippen molar-refractivity contribution in [1.82, 2.24) is 0 Å². The average molecular weight is 438 g/mol. The molecule has 0 aromatic heterocycles. The van der Waals surface area contributed by atoms with Crippen molar-refractivity contribution in [2.75, 3.05) is 22.7 Å². The Morgan fingerprint density at radius 2 is 1.81 bits per heavy atom. The van der Waals surface area contributed by atoms with Crippen LogP contribution in [-0.4, -0.2) is 27.4 Å². The number of halogens is 1. The maximum absolute atomic E-state index is 12.6. The summed E-state index contributed by atoms with van der Waals surface area (Å²) in [5.74, 6) is -0.671. The first-order chi connectivity index (χ1) is 12.4. The molecule has 0 radical (unpaired) electrons. The zero-order valence-electron chi connectivity index (χ0n) is 14.1. The molecule has 2 aromatic carbocycles. The number of nitrogens with two attached hydrogens (primary N) is 1. The zero-order valence-corrected chi connectivity index (χ0v) is 16.5. The van der Waals surface area contributed by atoms with Gasteiger partial charge in [0.25, 0.3) is 15.9 Å². The number of hydrogen-bond donors (Lipinski definition) is 2. The second-order valence-corrected chi connectivity index (χ2v) is 8.80. The quantitative estimate of drug-likeness (QED) is 0.749. The number of rotatable bonds is 5. The highest BCUT2D eigenvalue weighted by Gasteiger charge is 2.20. The number of benzene rings is 2. The normalized spacial score (nSPS) is 14.9. The molecular weight excluding hydrogens is 418 g/mol. The minimum atomic E-state index is -3.83. The first kappa shape index (κ1) is 18.7. The van der Waals surface area contributed by atoms with Crippen molar-refractivity contribution < 1.29 is 13.2 Å². The van der Waals surface area contributed by atoms with Crippen LogP contribution in [0.25, 0.3) is 0 Å². The molecule has 6 nitrogen and oxygen atoms in total. The molecular formula is C18H20BrN3O3S. The number of anilines is 2. The zero-order chi connectivity index (χ0) is 18.7. The van der Waals surface area contributed by atoms with Gasteiger partial charge in [-0.1, -0.05) is 22.0 Å². The largest absolute Gasteiger partial charge is 0.372 e. The molecule has 0 bridgehead atoms. The molecule has 1 heterocycles. The number of sulfonamides is 1. The second kappa shape index (κ2) is 7.67. The highest BCUT2D eigenvalue weighted by molar-refractivity contribution is 9.10. The van der Waals surface area contributed by atoms with Crippen LogP contribution in [0.2, 0.25) is 0 Å². The van der Waals surface area contributed by atoms with E-state index in [1.807, 2.05) is 6.07 Å². The van der Waals surface area contributed by atoms with Gasteiger partial charge in [-0.15, -0.1) is 0 Å². The van der Waals surface area contributed by atoms with Gasteiger partial charge in [0.1, 0.15) is 0 Å². The van der Waals surface area contributed by atoms with E-state index in [1.54, 1.807) is 24.3 Å². The van der Waals surface area contributed by atoms with Gasteiger partial charge in [-0.3, -0.25) is 9.52 Å². The fourth-order valence-corrected chi connectivity index (χ4v) is 4.69. The summed E-state index contributed by atoms with van der Waals surface area (Å²) in [7, 11) is -3.83. The number of primary amides is 1. The van der Waals surface area contributed by atoms with Crippen molar-refractivity contribution in [3.8, 4) is 0 Å². The molecule has 3 N–H and O–H groups in total. The smallest absolute Gasteiger partial charge is 0.261 e. The molecule has 1 saturated heterocycles. The van der Waals surface area contributed by atoms with Crippen LogP contribution in [0.4, 0.5) is 11.4 Å². The first-order valence-electron chi connectivity index (χ1n) is 8.34. The molecule has 0 saturated carbocycles. The molecule has 1 amide bonds. The summed E-state index contributed by atoms with van der Waals surface area (Å²) in [6, 6.07) is 11.4. The van der Waals surface area contributed by atoms with E-state index in [2.05, 4.69) is 25.6 Å². The van der Waals surface area contributed by atoms with E-state index in [0.717, 1.165) is 31.6 Å². The van der Waals surface area contributed by atoms with E-state index in [1.165, 1.54) is 18.6 Å². The lowest BCUT2D eigenvalue weighted by atomic mass is 10.1. The van der Waals surface area contributed by atoms with Crippen molar-refractivity contribution in [1.29, 1.82) is 0 Å². The molecule has 1 aliphatic heterocycles. The summed E-state index contributed by atoms with van der Waals surface area (Å²) in [6.07, 6.45) is 3.40. The van der Waals surface area contributed by atoms with Crippen molar-refractivity contribution in [3.63, 3.8) is 0 Å². The minimum Gasteiger partial charge on any atom is -0.372 e. The van der Waals surface area contributed by atoms with Gasteiger partial charge in [-0.05, 0) is 55.7 Å². The van der Waals surface area contributed by atoms with Gasteiger partial charge in [-0.25, -0.2) is 8.42 Å². The van der Waals surface area contributed by atoms with Gasteiger partial charge in [0.15, 0.2) is 0 Å². The molecule has 0 atom stereocenters. The first-order valence-corrected chi connectivity index (χ1v) is 10.6. The molecule has 0 unspecified atom stereocenters. The van der Waals surface area contributed by atoms with Gasteiger partial charge < -0.3 is 10.6 Å². The SMILES string of the molecule is NC(=O)c1cc(N2CCCCC2)ccc1NS(=O)(=O)c1cccc(Br)c1. The number of piperidine rings is 1. The summed E-state index contributed by atoms with van der Waals surface area (Å²) < 4.78 is 28.4. The van der Waals surface area contributed by atoms with Crippen molar-refractivity contribution >= 4 is 43.2 Å². The van der Waals surface area contributed by atoms with E-state index in [-0.39, 0.29) is 16.1 Å². The van der Waals surface area contributed by atoms with Crippen LogP contribution < -0.4 is 15.4 Å². The third kappa shape index (κ3) is 4.19. The molecule has 26 heavy (non-hydrogen) atoms. The van der Waals surface area contributed by atoms with E-state index in [0.29, 0.717) is 4.47 Å². The molecule has 0 aliphatic carbocycles. The summed E-state index contributed by atoms with van der Waals surface area (Å²) in [6.45, 7) is 1.84. The van der Waals surface area contributed by atoms with Crippen LogP contribution in [0.3, 0.4) is 0 Å². The topological polar surface area (TPSA) is 92.5 Å². The van der Waals surface area contributed by atoms with E-state index < -0.39 is 15.9 Å². The summed E-state index contributed by atoms with van der Waals surface area (Å²) in [5, 5.41) is 0. The van der Waals surface area contributed by atoms with Gasteiger partial charge in [0, 0.05) is 23.2 Å². The summed E-state index contributed by atoms with van der Waals surface area (Å²) >= 11 is 3.26.